The van der Waals surface area contributed by atoms with Gasteiger partial charge in [-0.25, -0.2) is 9.48 Å². The number of aromatic nitrogens is 3. The zero-order chi connectivity index (χ0) is 33.6. The molecule has 1 fully saturated rings. The molecule has 1 amide bonds. The molecule has 0 aliphatic carbocycles. The van der Waals surface area contributed by atoms with Crippen LogP contribution in [0.15, 0.2) is 89.5 Å². The second kappa shape index (κ2) is 14.8. The SMILES string of the molecule is CC(C)(C)[Si](OCCc1cc(-c2nn(C3CCCCO3)c3ccc(OCCCNC(=O)O)cc23)on1)(c1ccccc1)c1ccccc1. The van der Waals surface area contributed by atoms with Crippen LogP contribution < -0.4 is 20.4 Å². The summed E-state index contributed by atoms with van der Waals surface area (Å²) >= 11 is 0. The molecule has 10 nitrogen and oxygen atoms in total. The van der Waals surface area contributed by atoms with E-state index in [1.54, 1.807) is 0 Å². The van der Waals surface area contributed by atoms with E-state index in [1.165, 1.54) is 10.4 Å². The highest BCUT2D eigenvalue weighted by Crippen LogP contribution is 2.38. The van der Waals surface area contributed by atoms with Crippen LogP contribution in [-0.4, -0.2) is 60.8 Å². The number of benzene rings is 3. The van der Waals surface area contributed by atoms with Crippen molar-refractivity contribution in [2.75, 3.05) is 26.4 Å². The van der Waals surface area contributed by atoms with Crippen molar-refractivity contribution in [1.29, 1.82) is 0 Å². The van der Waals surface area contributed by atoms with Gasteiger partial charge in [0.2, 0.25) is 0 Å². The lowest BCUT2D eigenvalue weighted by Crippen LogP contribution is -2.66. The molecule has 6 rings (SSSR count). The van der Waals surface area contributed by atoms with E-state index in [1.807, 2.05) is 41.1 Å². The molecule has 1 unspecified atom stereocenters. The third-order valence-electron chi connectivity index (χ3n) is 8.86. The molecule has 0 radical (unpaired) electrons. The van der Waals surface area contributed by atoms with E-state index in [2.05, 4.69) is 79.8 Å². The fourth-order valence-electron chi connectivity index (χ4n) is 6.60. The van der Waals surface area contributed by atoms with E-state index < -0.39 is 14.4 Å². The summed E-state index contributed by atoms with van der Waals surface area (Å²) in [5, 5.41) is 23.9. The Labute approximate surface area is 282 Å². The molecule has 48 heavy (non-hydrogen) atoms. The van der Waals surface area contributed by atoms with Gasteiger partial charge in [0.15, 0.2) is 12.0 Å². The average molecular weight is 669 g/mol. The molecule has 1 atom stereocenters. The predicted molar refractivity (Wildman–Crippen MR) is 187 cm³/mol. The van der Waals surface area contributed by atoms with Crippen LogP contribution in [-0.2, 0) is 15.6 Å². The molecule has 11 heteroatoms. The average Bonchev–Trinajstić information content (AvgIpc) is 3.72. The van der Waals surface area contributed by atoms with Gasteiger partial charge in [-0.3, -0.25) is 0 Å². The molecule has 0 spiro atoms. The van der Waals surface area contributed by atoms with Crippen LogP contribution >= 0.6 is 0 Å². The highest BCUT2D eigenvalue weighted by molar-refractivity contribution is 6.99. The second-order valence-electron chi connectivity index (χ2n) is 13.2. The van der Waals surface area contributed by atoms with Crippen LogP contribution in [0.3, 0.4) is 0 Å². The lowest BCUT2D eigenvalue weighted by atomic mass is 10.1. The summed E-state index contributed by atoms with van der Waals surface area (Å²) in [6, 6.07) is 29.1. The fourth-order valence-corrected chi connectivity index (χ4v) is 11.2. The number of carboxylic acid groups (broad SMARTS) is 1. The normalized spacial score (nSPS) is 15.4. The van der Waals surface area contributed by atoms with Gasteiger partial charge < -0.3 is 28.8 Å². The summed E-state index contributed by atoms with van der Waals surface area (Å²) in [7, 11) is -2.68. The molecule has 5 aromatic rings. The molecule has 1 saturated heterocycles. The topological polar surface area (TPSA) is 121 Å². The Balaban J connectivity index is 1.25. The molecular weight excluding hydrogens is 625 g/mol. The standard InChI is InChI=1S/C37H44N4O6Si/c1-37(2,3)48(29-13-6-4-7-14-29,30-15-8-5-9-16-30)46-24-20-27-25-33(47-40-27)35-31-26-28(44-23-12-21-38-36(42)43)18-19-32(31)41(39-35)34-17-10-11-22-45-34/h4-9,13-16,18-19,25-26,34,38H,10-12,17,20-24H2,1-3H3,(H,42,43). The summed E-state index contributed by atoms with van der Waals surface area (Å²) < 4.78 is 27.1. The van der Waals surface area contributed by atoms with Crippen LogP contribution in [0.25, 0.3) is 22.4 Å². The molecule has 0 bridgehead atoms. The minimum Gasteiger partial charge on any atom is -0.494 e. The van der Waals surface area contributed by atoms with Gasteiger partial charge in [0.1, 0.15) is 11.4 Å². The van der Waals surface area contributed by atoms with Gasteiger partial charge in [0, 0.05) is 37.6 Å². The summed E-state index contributed by atoms with van der Waals surface area (Å²) in [6.45, 7) is 8.70. The highest BCUT2D eigenvalue weighted by Gasteiger charge is 2.50. The van der Waals surface area contributed by atoms with Crippen LogP contribution in [0, 0.1) is 0 Å². The van der Waals surface area contributed by atoms with E-state index in [0.717, 1.165) is 35.9 Å². The first-order valence-electron chi connectivity index (χ1n) is 16.7. The van der Waals surface area contributed by atoms with Crippen molar-refractivity contribution in [3.05, 3.63) is 90.6 Å². The number of fused-ring (bicyclic) bond motifs is 1. The Kier molecular flexibility index (Phi) is 10.3. The Bertz CT molecular complexity index is 1760. The van der Waals surface area contributed by atoms with E-state index in [0.29, 0.717) is 56.4 Å². The Morgan fingerprint density at radius 3 is 2.38 bits per heavy atom. The monoisotopic (exact) mass is 668 g/mol. The molecule has 0 saturated carbocycles. The van der Waals surface area contributed by atoms with Gasteiger partial charge in [-0.1, -0.05) is 86.6 Å². The predicted octanol–water partition coefficient (Wildman–Crippen LogP) is 6.55. The van der Waals surface area contributed by atoms with Crippen molar-refractivity contribution in [2.24, 2.45) is 0 Å². The van der Waals surface area contributed by atoms with Crippen molar-refractivity contribution in [3.63, 3.8) is 0 Å². The zero-order valence-corrected chi connectivity index (χ0v) is 28.9. The third-order valence-corrected chi connectivity index (χ3v) is 13.9. The summed E-state index contributed by atoms with van der Waals surface area (Å²) in [5.74, 6) is 1.24. The van der Waals surface area contributed by atoms with Gasteiger partial charge >= 0.3 is 6.09 Å². The number of ether oxygens (including phenoxy) is 2. The highest BCUT2D eigenvalue weighted by atomic mass is 28.4. The van der Waals surface area contributed by atoms with Crippen molar-refractivity contribution >= 4 is 35.7 Å². The lowest BCUT2D eigenvalue weighted by molar-refractivity contribution is -0.0365. The maximum absolute atomic E-state index is 10.8. The maximum Gasteiger partial charge on any atom is 0.404 e. The quantitative estimate of drug-likeness (QED) is 0.107. The third kappa shape index (κ3) is 7.18. The second-order valence-corrected chi connectivity index (χ2v) is 17.5. The number of hydrogen-bond acceptors (Lipinski definition) is 7. The minimum absolute atomic E-state index is 0.121. The van der Waals surface area contributed by atoms with E-state index in [9.17, 15) is 4.79 Å². The minimum atomic E-state index is -2.68. The number of hydrogen-bond donors (Lipinski definition) is 2. The van der Waals surface area contributed by atoms with Crippen LogP contribution in [0.1, 0.15) is 58.4 Å². The van der Waals surface area contributed by atoms with Gasteiger partial charge in [-0.2, -0.15) is 5.10 Å². The van der Waals surface area contributed by atoms with Crippen LogP contribution in [0.2, 0.25) is 5.04 Å². The zero-order valence-electron chi connectivity index (χ0n) is 27.9. The van der Waals surface area contributed by atoms with E-state index >= 15 is 0 Å². The van der Waals surface area contributed by atoms with Crippen molar-refractivity contribution in [2.45, 2.75) is 64.1 Å². The van der Waals surface area contributed by atoms with E-state index in [-0.39, 0.29) is 11.3 Å². The molecule has 2 aromatic heterocycles. The Hall–Kier alpha value is -4.45. The number of nitrogens with zero attached hydrogens (tertiary/aromatic N) is 3. The van der Waals surface area contributed by atoms with Crippen molar-refractivity contribution < 1.29 is 28.3 Å². The van der Waals surface area contributed by atoms with E-state index in [4.69, 9.17) is 28.6 Å². The van der Waals surface area contributed by atoms with Gasteiger partial charge in [0.25, 0.3) is 8.32 Å². The smallest absolute Gasteiger partial charge is 0.404 e. The molecule has 3 heterocycles. The fraction of sp³-hybridized carbons (Fsp3) is 0.378. The van der Waals surface area contributed by atoms with Crippen molar-refractivity contribution in [1.82, 2.24) is 20.3 Å². The molecule has 1 aliphatic rings. The summed E-state index contributed by atoms with van der Waals surface area (Å²) in [5.41, 5.74) is 2.38. The first-order valence-corrected chi connectivity index (χ1v) is 18.6. The first-order chi connectivity index (χ1) is 23.3. The number of carbonyl (C=O) groups is 1. The molecule has 1 aliphatic heterocycles. The molecule has 2 N–H and O–H groups in total. The molecule has 3 aromatic carbocycles. The van der Waals surface area contributed by atoms with Crippen LogP contribution in [0.5, 0.6) is 5.75 Å². The van der Waals surface area contributed by atoms with Gasteiger partial charge in [0.05, 0.1) is 17.8 Å². The maximum atomic E-state index is 10.8. The van der Waals surface area contributed by atoms with Crippen molar-refractivity contribution in [3.8, 4) is 17.2 Å². The summed E-state index contributed by atoms with van der Waals surface area (Å²) in [6.07, 6.45) is 2.92. The molecule has 252 valence electrons. The largest absolute Gasteiger partial charge is 0.494 e. The Morgan fingerprint density at radius 2 is 1.73 bits per heavy atom. The van der Waals surface area contributed by atoms with Crippen LogP contribution in [0.4, 0.5) is 4.79 Å². The van der Waals surface area contributed by atoms with Gasteiger partial charge in [-0.15, -0.1) is 0 Å². The lowest BCUT2D eigenvalue weighted by Gasteiger charge is -2.43. The Morgan fingerprint density at radius 1 is 1.00 bits per heavy atom. The number of rotatable bonds is 13. The van der Waals surface area contributed by atoms with Gasteiger partial charge in [-0.05, 0) is 59.3 Å². The summed E-state index contributed by atoms with van der Waals surface area (Å²) in [4.78, 5) is 10.8. The molecular formula is C37H44N4O6Si. The number of amides is 1. The number of nitrogens with one attached hydrogen (secondary N) is 1. The first kappa shape index (κ1) is 33.4.